The van der Waals surface area contributed by atoms with Gasteiger partial charge in [-0.2, -0.15) is 0 Å². The van der Waals surface area contributed by atoms with E-state index in [0.717, 1.165) is 5.69 Å². The van der Waals surface area contributed by atoms with E-state index in [0.29, 0.717) is 18.4 Å². The first-order valence-electron chi connectivity index (χ1n) is 5.51. The molecule has 2 N–H and O–H groups in total. The van der Waals surface area contributed by atoms with Gasteiger partial charge in [-0.3, -0.25) is 9.78 Å². The summed E-state index contributed by atoms with van der Waals surface area (Å²) in [6.07, 6.45) is 2.55. The highest BCUT2D eigenvalue weighted by Crippen LogP contribution is 2.02. The average Bonchev–Trinajstić information content (AvgIpc) is 2.29. The summed E-state index contributed by atoms with van der Waals surface area (Å²) in [4.78, 5) is 26.6. The standard InChI is InChI=1S/C12H16N2O3/c1-3-4-10(12(16)17)14-11(15)9-6-5-8(2)13-7-9/h5-7,10H,3-4H2,1-2H3,(H,14,15)(H,16,17)/t10-/m1/s1. The molecule has 1 heterocycles. The number of pyridine rings is 1. The summed E-state index contributed by atoms with van der Waals surface area (Å²) >= 11 is 0. The quantitative estimate of drug-likeness (QED) is 0.809. The number of carbonyl (C=O) groups excluding carboxylic acids is 1. The first-order chi connectivity index (χ1) is 8.04. The monoisotopic (exact) mass is 236 g/mol. The highest BCUT2D eigenvalue weighted by atomic mass is 16.4. The van der Waals surface area contributed by atoms with Crippen molar-refractivity contribution in [3.63, 3.8) is 0 Å². The molecule has 0 aliphatic carbocycles. The summed E-state index contributed by atoms with van der Waals surface area (Å²) in [5.41, 5.74) is 1.18. The second-order valence-corrected chi connectivity index (χ2v) is 3.84. The number of hydrogen-bond donors (Lipinski definition) is 2. The van der Waals surface area contributed by atoms with Crippen LogP contribution in [0.5, 0.6) is 0 Å². The summed E-state index contributed by atoms with van der Waals surface area (Å²) in [6.45, 7) is 3.69. The maximum atomic E-state index is 11.7. The highest BCUT2D eigenvalue weighted by molar-refractivity contribution is 5.96. The van der Waals surface area contributed by atoms with Crippen molar-refractivity contribution in [2.24, 2.45) is 0 Å². The lowest BCUT2D eigenvalue weighted by Crippen LogP contribution is -2.40. The largest absolute Gasteiger partial charge is 0.480 e. The van der Waals surface area contributed by atoms with Crippen LogP contribution in [0.2, 0.25) is 0 Å². The molecule has 0 aliphatic rings. The number of nitrogens with zero attached hydrogens (tertiary/aromatic N) is 1. The molecule has 0 radical (unpaired) electrons. The van der Waals surface area contributed by atoms with Gasteiger partial charge in [0.15, 0.2) is 0 Å². The van der Waals surface area contributed by atoms with Crippen molar-refractivity contribution in [1.29, 1.82) is 0 Å². The molecule has 1 rings (SSSR count). The Morgan fingerprint density at radius 2 is 2.18 bits per heavy atom. The van der Waals surface area contributed by atoms with E-state index in [1.165, 1.54) is 6.20 Å². The number of hydrogen-bond acceptors (Lipinski definition) is 3. The molecular formula is C12H16N2O3. The number of carboxylic acids is 1. The molecule has 0 bridgehead atoms. The fraction of sp³-hybridized carbons (Fsp3) is 0.417. The zero-order valence-electron chi connectivity index (χ0n) is 9.93. The Morgan fingerprint density at radius 1 is 1.47 bits per heavy atom. The first-order valence-corrected chi connectivity index (χ1v) is 5.51. The summed E-state index contributed by atoms with van der Waals surface area (Å²) in [6, 6.07) is 2.50. The molecule has 5 nitrogen and oxygen atoms in total. The van der Waals surface area contributed by atoms with Gasteiger partial charge in [0.2, 0.25) is 0 Å². The number of nitrogens with one attached hydrogen (secondary N) is 1. The van der Waals surface area contributed by atoms with Crippen LogP contribution in [0.3, 0.4) is 0 Å². The third-order valence-electron chi connectivity index (χ3n) is 2.35. The second kappa shape index (κ2) is 5.98. The maximum Gasteiger partial charge on any atom is 0.326 e. The maximum absolute atomic E-state index is 11.7. The number of amides is 1. The minimum absolute atomic E-state index is 0.373. The summed E-state index contributed by atoms with van der Waals surface area (Å²) < 4.78 is 0. The van der Waals surface area contributed by atoms with Crippen molar-refractivity contribution in [2.45, 2.75) is 32.7 Å². The predicted molar refractivity (Wildman–Crippen MR) is 62.8 cm³/mol. The van der Waals surface area contributed by atoms with Crippen LogP contribution in [0.4, 0.5) is 0 Å². The van der Waals surface area contributed by atoms with Crippen LogP contribution in [0.15, 0.2) is 18.3 Å². The van der Waals surface area contributed by atoms with Crippen LogP contribution in [0.25, 0.3) is 0 Å². The van der Waals surface area contributed by atoms with Gasteiger partial charge >= 0.3 is 5.97 Å². The SMILES string of the molecule is CCC[C@@H](NC(=O)c1ccc(C)nc1)C(=O)O. The van der Waals surface area contributed by atoms with Gasteiger partial charge in [0.05, 0.1) is 5.56 Å². The molecule has 0 fully saturated rings. The van der Waals surface area contributed by atoms with Gasteiger partial charge < -0.3 is 10.4 Å². The van der Waals surface area contributed by atoms with Crippen LogP contribution < -0.4 is 5.32 Å². The molecule has 0 aromatic carbocycles. The van der Waals surface area contributed by atoms with Crippen LogP contribution in [0.1, 0.15) is 35.8 Å². The second-order valence-electron chi connectivity index (χ2n) is 3.84. The lowest BCUT2D eigenvalue weighted by atomic mass is 10.1. The number of carbonyl (C=O) groups is 2. The minimum atomic E-state index is -1.01. The third kappa shape index (κ3) is 3.86. The summed E-state index contributed by atoms with van der Waals surface area (Å²) in [7, 11) is 0. The van der Waals surface area contributed by atoms with Gasteiger partial charge in [-0.05, 0) is 25.5 Å². The Bertz CT molecular complexity index is 401. The smallest absolute Gasteiger partial charge is 0.326 e. The Morgan fingerprint density at radius 3 is 2.65 bits per heavy atom. The molecule has 1 aromatic heterocycles. The number of carboxylic acid groups (broad SMARTS) is 1. The molecule has 92 valence electrons. The zero-order valence-corrected chi connectivity index (χ0v) is 9.93. The Hall–Kier alpha value is -1.91. The summed E-state index contributed by atoms with van der Waals surface area (Å²) in [5.74, 6) is -1.42. The Labute approximate surface area is 99.9 Å². The first kappa shape index (κ1) is 13.2. The van der Waals surface area contributed by atoms with Crippen LogP contribution >= 0.6 is 0 Å². The molecular weight excluding hydrogens is 220 g/mol. The predicted octanol–water partition coefficient (Wildman–Crippen LogP) is 1.37. The number of aliphatic carboxylic acids is 1. The van der Waals surface area contributed by atoms with Crippen molar-refractivity contribution in [3.05, 3.63) is 29.6 Å². The van der Waals surface area contributed by atoms with E-state index in [-0.39, 0.29) is 0 Å². The van der Waals surface area contributed by atoms with Gasteiger partial charge in [0.25, 0.3) is 5.91 Å². The molecule has 0 unspecified atom stereocenters. The molecule has 1 amide bonds. The molecule has 1 aromatic rings. The number of aromatic nitrogens is 1. The lowest BCUT2D eigenvalue weighted by Gasteiger charge is -2.13. The normalized spacial score (nSPS) is 11.9. The van der Waals surface area contributed by atoms with E-state index in [4.69, 9.17) is 5.11 Å². The average molecular weight is 236 g/mol. The lowest BCUT2D eigenvalue weighted by molar-refractivity contribution is -0.139. The van der Waals surface area contributed by atoms with Crippen molar-refractivity contribution in [1.82, 2.24) is 10.3 Å². The van der Waals surface area contributed by atoms with Crippen molar-refractivity contribution < 1.29 is 14.7 Å². The van der Waals surface area contributed by atoms with Crippen molar-refractivity contribution >= 4 is 11.9 Å². The van der Waals surface area contributed by atoms with E-state index in [2.05, 4.69) is 10.3 Å². The zero-order chi connectivity index (χ0) is 12.8. The highest BCUT2D eigenvalue weighted by Gasteiger charge is 2.19. The van der Waals surface area contributed by atoms with E-state index in [1.807, 2.05) is 13.8 Å². The molecule has 0 aliphatic heterocycles. The topological polar surface area (TPSA) is 79.3 Å². The van der Waals surface area contributed by atoms with Crippen LogP contribution in [-0.2, 0) is 4.79 Å². The van der Waals surface area contributed by atoms with E-state index in [9.17, 15) is 9.59 Å². The molecule has 5 heteroatoms. The summed E-state index contributed by atoms with van der Waals surface area (Å²) in [5, 5.41) is 11.4. The van der Waals surface area contributed by atoms with Crippen LogP contribution in [-0.4, -0.2) is 28.0 Å². The number of rotatable bonds is 5. The molecule has 0 saturated heterocycles. The van der Waals surface area contributed by atoms with E-state index in [1.54, 1.807) is 12.1 Å². The van der Waals surface area contributed by atoms with Crippen molar-refractivity contribution in [2.75, 3.05) is 0 Å². The molecule has 0 saturated carbocycles. The fourth-order valence-electron chi connectivity index (χ4n) is 1.39. The van der Waals surface area contributed by atoms with E-state index < -0.39 is 17.9 Å². The Kier molecular flexibility index (Phi) is 4.63. The van der Waals surface area contributed by atoms with Gasteiger partial charge in [0.1, 0.15) is 6.04 Å². The van der Waals surface area contributed by atoms with Crippen molar-refractivity contribution in [3.8, 4) is 0 Å². The van der Waals surface area contributed by atoms with Gasteiger partial charge in [0, 0.05) is 11.9 Å². The number of aryl methyl sites for hydroxylation is 1. The van der Waals surface area contributed by atoms with Gasteiger partial charge in [-0.15, -0.1) is 0 Å². The van der Waals surface area contributed by atoms with E-state index >= 15 is 0 Å². The molecule has 1 atom stereocenters. The third-order valence-corrected chi connectivity index (χ3v) is 2.35. The fourth-order valence-corrected chi connectivity index (χ4v) is 1.39. The van der Waals surface area contributed by atoms with Crippen LogP contribution in [0, 0.1) is 6.92 Å². The van der Waals surface area contributed by atoms with Gasteiger partial charge in [-0.25, -0.2) is 4.79 Å². The Balaban J connectivity index is 2.70. The molecule has 0 spiro atoms. The van der Waals surface area contributed by atoms with Gasteiger partial charge in [-0.1, -0.05) is 13.3 Å². The molecule has 17 heavy (non-hydrogen) atoms. The minimum Gasteiger partial charge on any atom is -0.480 e.